The van der Waals surface area contributed by atoms with Crippen LogP contribution in [0.25, 0.3) is 21.8 Å². The molecule has 0 radical (unpaired) electrons. The lowest BCUT2D eigenvalue weighted by Crippen LogP contribution is -2.39. The average molecular weight is 346 g/mol. The summed E-state index contributed by atoms with van der Waals surface area (Å²) in [5.41, 5.74) is 6.80. The molecule has 3 rings (SSSR count). The van der Waals surface area contributed by atoms with Gasteiger partial charge in [0.2, 0.25) is 0 Å². The van der Waals surface area contributed by atoms with E-state index in [-0.39, 0.29) is 17.2 Å². The van der Waals surface area contributed by atoms with Gasteiger partial charge in [-0.3, -0.25) is 13.9 Å². The van der Waals surface area contributed by atoms with Gasteiger partial charge in [-0.15, -0.1) is 11.3 Å². The fraction of sp³-hybridized carbons (Fsp3) is 0.188. The van der Waals surface area contributed by atoms with E-state index in [9.17, 15) is 14.0 Å². The minimum absolute atomic E-state index is 0.0650. The van der Waals surface area contributed by atoms with Gasteiger partial charge in [0.15, 0.2) is 0 Å². The Labute approximate surface area is 140 Å². The summed E-state index contributed by atoms with van der Waals surface area (Å²) < 4.78 is 15.6. The third-order valence-electron chi connectivity index (χ3n) is 3.88. The number of benzene rings is 1. The first kappa shape index (κ1) is 16.1. The zero-order chi connectivity index (χ0) is 17.6. The minimum Gasteiger partial charge on any atom is -0.384 e. The van der Waals surface area contributed by atoms with Gasteiger partial charge in [-0.05, 0) is 30.7 Å². The number of anilines is 1. The van der Waals surface area contributed by atoms with E-state index in [0.29, 0.717) is 16.3 Å². The van der Waals surface area contributed by atoms with Crippen LogP contribution in [0, 0.1) is 12.7 Å². The molecule has 0 saturated carbocycles. The van der Waals surface area contributed by atoms with Crippen molar-refractivity contribution in [2.45, 2.75) is 6.92 Å². The van der Waals surface area contributed by atoms with Crippen molar-refractivity contribution in [2.24, 2.45) is 14.1 Å². The highest BCUT2D eigenvalue weighted by Gasteiger charge is 2.18. The minimum atomic E-state index is -0.497. The third-order valence-corrected chi connectivity index (χ3v) is 4.77. The Morgan fingerprint density at radius 1 is 1.21 bits per heavy atom. The van der Waals surface area contributed by atoms with E-state index in [1.54, 1.807) is 24.4 Å². The zero-order valence-corrected chi connectivity index (χ0v) is 14.1. The van der Waals surface area contributed by atoms with Crippen molar-refractivity contribution in [3.63, 3.8) is 0 Å². The van der Waals surface area contributed by atoms with E-state index >= 15 is 0 Å². The molecule has 24 heavy (non-hydrogen) atoms. The molecule has 0 atom stereocenters. The Morgan fingerprint density at radius 3 is 2.58 bits per heavy atom. The quantitative estimate of drug-likeness (QED) is 0.768. The first-order valence-corrected chi connectivity index (χ1v) is 7.97. The Hall–Kier alpha value is -2.74. The van der Waals surface area contributed by atoms with Crippen LogP contribution >= 0.6 is 11.3 Å². The fourth-order valence-corrected chi connectivity index (χ4v) is 3.21. The molecule has 2 N–H and O–H groups in total. The Balaban J connectivity index is 2.17. The molecular formula is C16H15FN4O2S. The summed E-state index contributed by atoms with van der Waals surface area (Å²) in [4.78, 5) is 28.7. The lowest BCUT2D eigenvalue weighted by Gasteiger charge is -2.09. The van der Waals surface area contributed by atoms with Gasteiger partial charge < -0.3 is 5.73 Å². The van der Waals surface area contributed by atoms with Crippen LogP contribution in [0.3, 0.4) is 0 Å². The highest BCUT2D eigenvalue weighted by Crippen LogP contribution is 2.30. The Bertz CT molecular complexity index is 1060. The summed E-state index contributed by atoms with van der Waals surface area (Å²) in [5, 5.41) is 2.34. The van der Waals surface area contributed by atoms with Gasteiger partial charge in [-0.1, -0.05) is 0 Å². The number of aryl methyl sites for hydroxylation is 1. The van der Waals surface area contributed by atoms with Crippen LogP contribution in [0.1, 0.15) is 5.56 Å². The largest absolute Gasteiger partial charge is 0.384 e. The van der Waals surface area contributed by atoms with Crippen molar-refractivity contribution in [3.8, 4) is 21.8 Å². The molecule has 1 aromatic carbocycles. The molecule has 124 valence electrons. The summed E-state index contributed by atoms with van der Waals surface area (Å²) in [5.74, 6) is -0.220. The highest BCUT2D eigenvalue weighted by atomic mass is 32.1. The van der Waals surface area contributed by atoms with Crippen molar-refractivity contribution in [2.75, 3.05) is 5.73 Å². The smallest absolute Gasteiger partial charge is 0.332 e. The molecule has 0 fully saturated rings. The second kappa shape index (κ2) is 5.72. The van der Waals surface area contributed by atoms with Gasteiger partial charge in [0.25, 0.3) is 5.56 Å². The summed E-state index contributed by atoms with van der Waals surface area (Å²) in [6.45, 7) is 1.67. The summed E-state index contributed by atoms with van der Waals surface area (Å²) >= 11 is 1.32. The van der Waals surface area contributed by atoms with Gasteiger partial charge >= 0.3 is 5.69 Å². The van der Waals surface area contributed by atoms with Gasteiger partial charge in [-0.25, -0.2) is 14.2 Å². The number of rotatable bonds is 2. The van der Waals surface area contributed by atoms with E-state index < -0.39 is 11.2 Å². The molecule has 2 heterocycles. The van der Waals surface area contributed by atoms with Crippen LogP contribution in [-0.4, -0.2) is 14.1 Å². The third kappa shape index (κ3) is 2.44. The van der Waals surface area contributed by atoms with Crippen LogP contribution in [0.5, 0.6) is 0 Å². The predicted octanol–water partition coefficient (Wildman–Crippen LogP) is 1.90. The van der Waals surface area contributed by atoms with E-state index in [2.05, 4.69) is 4.98 Å². The lowest BCUT2D eigenvalue weighted by atomic mass is 10.1. The van der Waals surface area contributed by atoms with Crippen LogP contribution in [0.4, 0.5) is 10.2 Å². The van der Waals surface area contributed by atoms with E-state index in [4.69, 9.17) is 5.73 Å². The normalized spacial score (nSPS) is 11.0. The van der Waals surface area contributed by atoms with Crippen LogP contribution < -0.4 is 17.0 Å². The van der Waals surface area contributed by atoms with Crippen molar-refractivity contribution in [3.05, 3.63) is 55.8 Å². The van der Waals surface area contributed by atoms with Crippen molar-refractivity contribution in [1.82, 2.24) is 14.1 Å². The van der Waals surface area contributed by atoms with E-state index in [1.807, 2.05) is 0 Å². The first-order chi connectivity index (χ1) is 11.3. The number of hydrogen-bond acceptors (Lipinski definition) is 5. The highest BCUT2D eigenvalue weighted by molar-refractivity contribution is 7.13. The molecular weight excluding hydrogens is 331 g/mol. The topological polar surface area (TPSA) is 82.9 Å². The molecule has 8 heteroatoms. The molecule has 6 nitrogen and oxygen atoms in total. The second-order valence-corrected chi connectivity index (χ2v) is 6.33. The lowest BCUT2D eigenvalue weighted by molar-refractivity contribution is 0.619. The fourth-order valence-electron chi connectivity index (χ4n) is 2.40. The molecule has 0 aliphatic carbocycles. The van der Waals surface area contributed by atoms with Crippen LogP contribution in [-0.2, 0) is 14.1 Å². The summed E-state index contributed by atoms with van der Waals surface area (Å²) in [7, 11) is 2.89. The maximum absolute atomic E-state index is 13.4. The Kier molecular flexibility index (Phi) is 3.84. The monoisotopic (exact) mass is 346 g/mol. The number of nitrogens with two attached hydrogens (primary N) is 1. The van der Waals surface area contributed by atoms with Crippen molar-refractivity contribution < 1.29 is 4.39 Å². The molecule has 0 amide bonds. The SMILES string of the molecule is Cc1cc(-c2nc(-c3c(N)n(C)c(=O)n(C)c3=O)cs2)ccc1F. The van der Waals surface area contributed by atoms with Gasteiger partial charge in [-0.2, -0.15) is 0 Å². The number of thiazole rings is 1. The number of nitrogens with zero attached hydrogens (tertiary/aromatic N) is 3. The van der Waals surface area contributed by atoms with E-state index in [1.165, 1.54) is 36.1 Å². The number of aromatic nitrogens is 3. The number of nitrogen functional groups attached to an aromatic ring is 1. The van der Waals surface area contributed by atoms with Crippen molar-refractivity contribution in [1.29, 1.82) is 0 Å². The van der Waals surface area contributed by atoms with Crippen LogP contribution in [0.2, 0.25) is 0 Å². The summed E-state index contributed by atoms with van der Waals surface area (Å²) in [6, 6.07) is 4.71. The zero-order valence-electron chi connectivity index (χ0n) is 13.3. The van der Waals surface area contributed by atoms with Gasteiger partial charge in [0.1, 0.15) is 22.2 Å². The summed E-state index contributed by atoms with van der Waals surface area (Å²) in [6.07, 6.45) is 0. The maximum atomic E-state index is 13.4. The van der Waals surface area contributed by atoms with Gasteiger partial charge in [0, 0.05) is 25.0 Å². The molecule has 0 unspecified atom stereocenters. The molecule has 0 bridgehead atoms. The first-order valence-electron chi connectivity index (χ1n) is 7.09. The predicted molar refractivity (Wildman–Crippen MR) is 92.6 cm³/mol. The standard InChI is InChI=1S/C16H15FN4O2S/c1-8-6-9(4-5-10(8)17)14-19-11(7-24-14)12-13(18)20(2)16(23)21(3)15(12)22/h4-7H,18H2,1-3H3. The Morgan fingerprint density at radius 2 is 1.92 bits per heavy atom. The molecule has 0 spiro atoms. The second-order valence-electron chi connectivity index (χ2n) is 5.47. The number of hydrogen-bond donors (Lipinski definition) is 1. The molecule has 0 aliphatic heterocycles. The van der Waals surface area contributed by atoms with Crippen LogP contribution in [0.15, 0.2) is 33.2 Å². The molecule has 0 aliphatic rings. The molecule has 3 aromatic rings. The average Bonchev–Trinajstić information content (AvgIpc) is 3.03. The maximum Gasteiger partial charge on any atom is 0.332 e. The number of halogens is 1. The van der Waals surface area contributed by atoms with Gasteiger partial charge in [0.05, 0.1) is 5.69 Å². The molecule has 0 saturated heterocycles. The molecule has 2 aromatic heterocycles. The van der Waals surface area contributed by atoms with E-state index in [0.717, 1.165) is 10.1 Å². The van der Waals surface area contributed by atoms with Crippen molar-refractivity contribution >= 4 is 17.2 Å².